The third kappa shape index (κ3) is 3.24. The van der Waals surface area contributed by atoms with Crippen LogP contribution in [0.4, 0.5) is 4.39 Å². The normalized spacial score (nSPS) is 21.5. The topological polar surface area (TPSA) is 50.4 Å². The van der Waals surface area contributed by atoms with Crippen molar-refractivity contribution in [1.82, 2.24) is 5.32 Å². The largest absolute Gasteiger partial charge is 0.370 e. The lowest BCUT2D eigenvalue weighted by Gasteiger charge is -2.28. The monoisotopic (exact) mass is 347 g/mol. The van der Waals surface area contributed by atoms with Gasteiger partial charge >= 0.3 is 0 Å². The smallest absolute Gasteiger partial charge is 0.189 e. The molecule has 21 heavy (non-hydrogen) atoms. The van der Waals surface area contributed by atoms with Gasteiger partial charge in [0.05, 0.1) is 12.1 Å². The van der Waals surface area contributed by atoms with E-state index in [-0.39, 0.29) is 17.9 Å². The summed E-state index contributed by atoms with van der Waals surface area (Å²) in [5, 5.41) is 3.19. The van der Waals surface area contributed by atoms with Crippen LogP contribution in [0.2, 0.25) is 0 Å². The van der Waals surface area contributed by atoms with Crippen LogP contribution in [-0.4, -0.2) is 5.96 Å². The van der Waals surface area contributed by atoms with Crippen LogP contribution in [0.3, 0.4) is 0 Å². The van der Waals surface area contributed by atoms with Crippen molar-refractivity contribution in [3.8, 4) is 0 Å². The number of nitrogens with two attached hydrogens (primary N) is 1. The highest BCUT2D eigenvalue weighted by atomic mass is 79.9. The molecule has 3 N–H and O–H groups in total. The molecule has 0 aliphatic carbocycles. The number of nitrogens with one attached hydrogen (secondary N) is 1. The lowest BCUT2D eigenvalue weighted by molar-refractivity contribution is 0.485. The van der Waals surface area contributed by atoms with Gasteiger partial charge in [0, 0.05) is 4.47 Å². The molecule has 0 amide bonds. The maximum Gasteiger partial charge on any atom is 0.189 e. The fraction of sp³-hybridized carbons (Fsp3) is 0.188. The van der Waals surface area contributed by atoms with Crippen molar-refractivity contribution in [2.75, 3.05) is 0 Å². The number of benzene rings is 2. The lowest BCUT2D eigenvalue weighted by Crippen LogP contribution is -2.39. The molecule has 0 saturated heterocycles. The van der Waals surface area contributed by atoms with Gasteiger partial charge < -0.3 is 11.1 Å². The fourth-order valence-corrected chi connectivity index (χ4v) is 2.82. The highest BCUT2D eigenvalue weighted by Gasteiger charge is 2.24. The van der Waals surface area contributed by atoms with E-state index < -0.39 is 0 Å². The molecule has 0 spiro atoms. The van der Waals surface area contributed by atoms with Crippen LogP contribution in [-0.2, 0) is 0 Å². The number of guanidine groups is 1. The number of halogens is 2. The summed E-state index contributed by atoms with van der Waals surface area (Å²) in [5.74, 6) is 0.142. The van der Waals surface area contributed by atoms with Gasteiger partial charge in [-0.3, -0.25) is 0 Å². The highest BCUT2D eigenvalue weighted by Crippen LogP contribution is 2.32. The van der Waals surface area contributed by atoms with Crippen molar-refractivity contribution in [3.63, 3.8) is 0 Å². The minimum Gasteiger partial charge on any atom is -0.370 e. The quantitative estimate of drug-likeness (QED) is 0.870. The Bertz CT molecular complexity index is 669. The van der Waals surface area contributed by atoms with E-state index in [4.69, 9.17) is 5.73 Å². The van der Waals surface area contributed by atoms with Crippen molar-refractivity contribution in [3.05, 3.63) is 69.9 Å². The van der Waals surface area contributed by atoms with Crippen LogP contribution in [0.1, 0.15) is 29.6 Å². The molecular formula is C16H15BrFN3. The molecule has 2 aromatic rings. The number of hydrogen-bond donors (Lipinski definition) is 2. The predicted octanol–water partition coefficient (Wildman–Crippen LogP) is 3.68. The third-order valence-electron chi connectivity index (χ3n) is 3.58. The van der Waals surface area contributed by atoms with Crippen LogP contribution < -0.4 is 11.1 Å². The Morgan fingerprint density at radius 3 is 2.62 bits per heavy atom. The summed E-state index contributed by atoms with van der Waals surface area (Å²) in [4.78, 5) is 4.39. The van der Waals surface area contributed by atoms with Crippen LogP contribution in [0.15, 0.2) is 58.0 Å². The van der Waals surface area contributed by atoms with Gasteiger partial charge in [0.25, 0.3) is 0 Å². The van der Waals surface area contributed by atoms with E-state index in [0.29, 0.717) is 5.96 Å². The van der Waals surface area contributed by atoms with E-state index in [1.165, 1.54) is 12.1 Å². The minimum absolute atomic E-state index is 0.0730. The molecule has 3 nitrogen and oxygen atoms in total. The zero-order valence-electron chi connectivity index (χ0n) is 11.3. The van der Waals surface area contributed by atoms with E-state index in [1.54, 1.807) is 6.07 Å². The van der Waals surface area contributed by atoms with Gasteiger partial charge in [-0.25, -0.2) is 9.38 Å². The maximum absolute atomic E-state index is 13.4. The van der Waals surface area contributed by atoms with Crippen LogP contribution in [0.25, 0.3) is 0 Å². The zero-order chi connectivity index (χ0) is 14.8. The van der Waals surface area contributed by atoms with Gasteiger partial charge in [-0.15, -0.1) is 0 Å². The summed E-state index contributed by atoms with van der Waals surface area (Å²) in [6, 6.07) is 14.6. The summed E-state index contributed by atoms with van der Waals surface area (Å²) in [7, 11) is 0. The van der Waals surface area contributed by atoms with E-state index in [2.05, 4.69) is 26.2 Å². The maximum atomic E-state index is 13.4. The average molecular weight is 348 g/mol. The standard InChI is InChI=1S/C16H15BrFN3/c17-12-6-4-10(5-7-12)14-9-15(21-16(19)20-14)11-2-1-3-13(18)8-11/h1-8,14-15H,9H2,(H3,19,20,21). The summed E-state index contributed by atoms with van der Waals surface area (Å²) < 4.78 is 14.4. The Labute approximate surface area is 131 Å². The number of rotatable bonds is 2. The first-order valence-corrected chi connectivity index (χ1v) is 7.52. The molecular weight excluding hydrogens is 333 g/mol. The first-order chi connectivity index (χ1) is 10.1. The van der Waals surface area contributed by atoms with Gasteiger partial charge in [0.2, 0.25) is 0 Å². The number of aliphatic imine (C=N–C) groups is 1. The number of nitrogens with zero attached hydrogens (tertiary/aromatic N) is 1. The second kappa shape index (κ2) is 5.85. The van der Waals surface area contributed by atoms with Crippen molar-refractivity contribution in [1.29, 1.82) is 0 Å². The van der Waals surface area contributed by atoms with Gasteiger partial charge in [0.15, 0.2) is 5.96 Å². The SMILES string of the molecule is NC1=NC(c2cccc(F)c2)CC(c2ccc(Br)cc2)N1. The van der Waals surface area contributed by atoms with Crippen LogP contribution in [0.5, 0.6) is 0 Å². The van der Waals surface area contributed by atoms with Crippen molar-refractivity contribution in [2.24, 2.45) is 10.7 Å². The van der Waals surface area contributed by atoms with Crippen LogP contribution >= 0.6 is 15.9 Å². The Morgan fingerprint density at radius 1 is 1.14 bits per heavy atom. The molecule has 1 aliphatic heterocycles. The van der Waals surface area contributed by atoms with E-state index in [1.807, 2.05) is 30.3 Å². The molecule has 1 aliphatic rings. The summed E-state index contributed by atoms with van der Waals surface area (Å²) >= 11 is 3.43. The molecule has 3 rings (SSSR count). The first kappa shape index (κ1) is 14.1. The molecule has 1 heterocycles. The second-order valence-corrected chi connectivity index (χ2v) is 5.98. The third-order valence-corrected chi connectivity index (χ3v) is 4.11. The Balaban J connectivity index is 1.87. The highest BCUT2D eigenvalue weighted by molar-refractivity contribution is 9.10. The van der Waals surface area contributed by atoms with E-state index in [9.17, 15) is 4.39 Å². The molecule has 2 atom stereocenters. The van der Waals surface area contributed by atoms with E-state index >= 15 is 0 Å². The lowest BCUT2D eigenvalue weighted by atomic mass is 9.94. The van der Waals surface area contributed by atoms with Crippen molar-refractivity contribution >= 4 is 21.9 Å². The summed E-state index contributed by atoms with van der Waals surface area (Å²) in [6.07, 6.45) is 0.742. The van der Waals surface area contributed by atoms with Gasteiger partial charge in [0.1, 0.15) is 5.82 Å². The second-order valence-electron chi connectivity index (χ2n) is 5.07. The Morgan fingerprint density at radius 2 is 1.90 bits per heavy atom. The van der Waals surface area contributed by atoms with Gasteiger partial charge in [-0.2, -0.15) is 0 Å². The minimum atomic E-state index is -0.250. The van der Waals surface area contributed by atoms with Crippen LogP contribution in [0, 0.1) is 5.82 Å². The molecule has 0 saturated carbocycles. The summed E-state index contributed by atoms with van der Waals surface area (Å²) in [5.41, 5.74) is 7.88. The molecule has 2 aromatic carbocycles. The Kier molecular flexibility index (Phi) is 3.92. The molecule has 0 bridgehead atoms. The molecule has 2 unspecified atom stereocenters. The van der Waals surface area contributed by atoms with Crippen molar-refractivity contribution < 1.29 is 4.39 Å². The Hall–Kier alpha value is -1.88. The molecule has 0 fully saturated rings. The number of hydrogen-bond acceptors (Lipinski definition) is 3. The van der Waals surface area contributed by atoms with Crippen molar-refractivity contribution in [2.45, 2.75) is 18.5 Å². The molecule has 0 aromatic heterocycles. The molecule has 5 heteroatoms. The fourth-order valence-electron chi connectivity index (χ4n) is 2.56. The van der Waals surface area contributed by atoms with Gasteiger partial charge in [-0.05, 0) is 41.8 Å². The summed E-state index contributed by atoms with van der Waals surface area (Å²) in [6.45, 7) is 0. The van der Waals surface area contributed by atoms with E-state index in [0.717, 1.165) is 22.0 Å². The molecule has 108 valence electrons. The van der Waals surface area contributed by atoms with Gasteiger partial charge in [-0.1, -0.05) is 40.2 Å². The molecule has 0 radical (unpaired) electrons. The predicted molar refractivity (Wildman–Crippen MR) is 85.4 cm³/mol. The zero-order valence-corrected chi connectivity index (χ0v) is 12.8. The average Bonchev–Trinajstić information content (AvgIpc) is 2.47. The first-order valence-electron chi connectivity index (χ1n) is 6.72.